The Morgan fingerprint density at radius 3 is 3.00 bits per heavy atom. The van der Waals surface area contributed by atoms with Gasteiger partial charge in [0, 0.05) is 12.0 Å². The molecule has 3 rings (SSSR count). The Kier molecular flexibility index (Phi) is 3.88. The smallest absolute Gasteiger partial charge is 0.264 e. The summed E-state index contributed by atoms with van der Waals surface area (Å²) >= 11 is 0. The Balaban J connectivity index is 1.71. The molecule has 6 heteroatoms. The van der Waals surface area contributed by atoms with E-state index in [1.807, 2.05) is 13.0 Å². The molecular formula is C15H18FN3O2. The van der Waals surface area contributed by atoms with Crippen molar-refractivity contribution in [3.8, 4) is 5.75 Å². The molecule has 1 aromatic heterocycles. The lowest BCUT2D eigenvalue weighted by atomic mass is 10.1. The minimum Gasteiger partial charge on any atom is -0.480 e. The zero-order chi connectivity index (χ0) is 14.8. The van der Waals surface area contributed by atoms with Crippen molar-refractivity contribution in [2.45, 2.75) is 44.8 Å². The van der Waals surface area contributed by atoms with Crippen molar-refractivity contribution in [1.82, 2.24) is 10.1 Å². The maximum atomic E-state index is 13.9. The molecule has 2 N–H and O–H groups in total. The third-order valence-corrected chi connectivity index (χ3v) is 3.36. The maximum Gasteiger partial charge on any atom is 0.264 e. The van der Waals surface area contributed by atoms with Crippen LogP contribution >= 0.6 is 0 Å². The monoisotopic (exact) mass is 291 g/mol. The van der Waals surface area contributed by atoms with E-state index in [1.54, 1.807) is 6.07 Å². The van der Waals surface area contributed by atoms with Gasteiger partial charge in [0.2, 0.25) is 0 Å². The van der Waals surface area contributed by atoms with Gasteiger partial charge < -0.3 is 15.0 Å². The summed E-state index contributed by atoms with van der Waals surface area (Å²) in [5, 5.41) is 3.90. The van der Waals surface area contributed by atoms with Gasteiger partial charge in [-0.05, 0) is 37.8 Å². The van der Waals surface area contributed by atoms with E-state index in [4.69, 9.17) is 15.0 Å². The molecule has 0 bridgehead atoms. The first-order valence-corrected chi connectivity index (χ1v) is 7.11. The van der Waals surface area contributed by atoms with Crippen molar-refractivity contribution in [1.29, 1.82) is 0 Å². The number of rotatable bonds is 6. The molecule has 1 aliphatic rings. The average molecular weight is 291 g/mol. The summed E-state index contributed by atoms with van der Waals surface area (Å²) in [5.74, 6) is 1.31. The fourth-order valence-corrected chi connectivity index (χ4v) is 2.19. The highest BCUT2D eigenvalue weighted by Crippen LogP contribution is 2.38. The van der Waals surface area contributed by atoms with Crippen LogP contribution in [0.1, 0.15) is 43.0 Å². The summed E-state index contributed by atoms with van der Waals surface area (Å²) < 4.78 is 24.6. The molecular weight excluding hydrogens is 273 g/mol. The van der Waals surface area contributed by atoms with Gasteiger partial charge in [0.15, 0.2) is 24.0 Å². The minimum atomic E-state index is -0.407. The fraction of sp³-hybridized carbons (Fsp3) is 0.467. The molecule has 0 amide bonds. The highest BCUT2D eigenvalue weighted by molar-refractivity contribution is 5.35. The molecule has 2 aromatic rings. The largest absolute Gasteiger partial charge is 0.480 e. The van der Waals surface area contributed by atoms with Gasteiger partial charge in [0.25, 0.3) is 5.89 Å². The Bertz CT molecular complexity index is 623. The van der Waals surface area contributed by atoms with Crippen molar-refractivity contribution in [2.75, 3.05) is 0 Å². The van der Waals surface area contributed by atoms with Gasteiger partial charge in [-0.2, -0.15) is 4.98 Å². The highest BCUT2D eigenvalue weighted by atomic mass is 19.1. The van der Waals surface area contributed by atoms with Crippen LogP contribution in [0.4, 0.5) is 4.39 Å². The van der Waals surface area contributed by atoms with Crippen LogP contribution in [-0.4, -0.2) is 16.2 Å². The van der Waals surface area contributed by atoms with Gasteiger partial charge in [-0.15, -0.1) is 0 Å². The molecule has 1 aromatic carbocycles. The highest BCUT2D eigenvalue weighted by Gasteiger charge is 2.28. The fourth-order valence-electron chi connectivity index (χ4n) is 2.19. The molecule has 1 saturated carbocycles. The van der Waals surface area contributed by atoms with Crippen molar-refractivity contribution in [3.05, 3.63) is 41.3 Å². The van der Waals surface area contributed by atoms with Crippen molar-refractivity contribution >= 4 is 0 Å². The van der Waals surface area contributed by atoms with Crippen molar-refractivity contribution < 1.29 is 13.7 Å². The zero-order valence-corrected chi connectivity index (χ0v) is 11.9. The first kappa shape index (κ1) is 14.0. The molecule has 21 heavy (non-hydrogen) atoms. The van der Waals surface area contributed by atoms with E-state index in [9.17, 15) is 4.39 Å². The topological polar surface area (TPSA) is 74.2 Å². The zero-order valence-electron chi connectivity index (χ0n) is 11.9. The van der Waals surface area contributed by atoms with Crippen LogP contribution in [0.25, 0.3) is 0 Å². The Labute approximate surface area is 122 Å². The number of benzene rings is 1. The van der Waals surface area contributed by atoms with E-state index in [0.29, 0.717) is 18.2 Å². The summed E-state index contributed by atoms with van der Waals surface area (Å²) in [6.07, 6.45) is 2.75. The van der Waals surface area contributed by atoms with E-state index < -0.39 is 5.82 Å². The predicted molar refractivity (Wildman–Crippen MR) is 74.4 cm³/mol. The summed E-state index contributed by atoms with van der Waals surface area (Å²) in [6, 6.07) is 4.76. The molecule has 1 heterocycles. The number of ether oxygens (including phenoxy) is 1. The number of hydrogen-bond acceptors (Lipinski definition) is 5. The summed E-state index contributed by atoms with van der Waals surface area (Å²) in [7, 11) is 0. The average Bonchev–Trinajstić information content (AvgIpc) is 3.17. The Hall–Kier alpha value is -1.95. The third-order valence-electron chi connectivity index (χ3n) is 3.36. The Morgan fingerprint density at radius 2 is 2.29 bits per heavy atom. The van der Waals surface area contributed by atoms with Crippen molar-refractivity contribution in [3.63, 3.8) is 0 Å². The summed E-state index contributed by atoms with van der Waals surface area (Å²) in [4.78, 5) is 4.26. The van der Waals surface area contributed by atoms with E-state index in [1.165, 1.54) is 6.07 Å². The second-order valence-electron chi connectivity index (χ2n) is 5.52. The van der Waals surface area contributed by atoms with E-state index >= 15 is 0 Å². The number of halogens is 1. The van der Waals surface area contributed by atoms with Crippen LogP contribution in [0.3, 0.4) is 0 Å². The second-order valence-corrected chi connectivity index (χ2v) is 5.52. The van der Waals surface area contributed by atoms with Gasteiger partial charge in [0.1, 0.15) is 0 Å². The van der Waals surface area contributed by atoms with Gasteiger partial charge in [-0.3, -0.25) is 0 Å². The van der Waals surface area contributed by atoms with E-state index in [0.717, 1.165) is 24.2 Å². The summed E-state index contributed by atoms with van der Waals surface area (Å²) in [6.45, 7) is 1.93. The number of nitrogens with two attached hydrogens (primary N) is 1. The molecule has 5 nitrogen and oxygen atoms in total. The SMILES string of the molecule is CC(N)Cc1cccc(F)c1OCc1nc(C2CC2)no1. The lowest BCUT2D eigenvalue weighted by Crippen LogP contribution is -2.18. The van der Waals surface area contributed by atoms with Gasteiger partial charge in [-0.25, -0.2) is 4.39 Å². The lowest BCUT2D eigenvalue weighted by molar-refractivity contribution is 0.232. The molecule has 1 atom stereocenters. The number of aromatic nitrogens is 2. The first-order valence-electron chi connectivity index (χ1n) is 7.11. The molecule has 0 radical (unpaired) electrons. The first-order chi connectivity index (χ1) is 10.1. The van der Waals surface area contributed by atoms with Gasteiger partial charge in [-0.1, -0.05) is 17.3 Å². The Morgan fingerprint density at radius 1 is 1.48 bits per heavy atom. The van der Waals surface area contributed by atoms with Crippen LogP contribution in [0.15, 0.2) is 22.7 Å². The van der Waals surface area contributed by atoms with E-state index in [-0.39, 0.29) is 18.4 Å². The van der Waals surface area contributed by atoms with Crippen LogP contribution in [-0.2, 0) is 13.0 Å². The molecule has 0 saturated heterocycles. The van der Waals surface area contributed by atoms with Gasteiger partial charge >= 0.3 is 0 Å². The predicted octanol–water partition coefficient (Wildman–Crippen LogP) is 2.55. The standard InChI is InChI=1S/C15H18FN3O2/c1-9(17)7-11-3-2-4-12(16)14(11)20-8-13-18-15(19-21-13)10-5-6-10/h2-4,9-10H,5-8,17H2,1H3. The number of hydrogen-bond donors (Lipinski definition) is 1. The molecule has 1 fully saturated rings. The molecule has 112 valence electrons. The van der Waals surface area contributed by atoms with Gasteiger partial charge in [0.05, 0.1) is 0 Å². The lowest BCUT2D eigenvalue weighted by Gasteiger charge is -2.12. The number of nitrogens with zero attached hydrogens (tertiary/aromatic N) is 2. The van der Waals surface area contributed by atoms with Crippen molar-refractivity contribution in [2.24, 2.45) is 5.73 Å². The molecule has 0 aliphatic heterocycles. The quantitative estimate of drug-likeness (QED) is 0.885. The van der Waals surface area contributed by atoms with Crippen LogP contribution in [0.5, 0.6) is 5.75 Å². The van der Waals surface area contributed by atoms with Crippen LogP contribution in [0, 0.1) is 5.82 Å². The third kappa shape index (κ3) is 3.39. The van der Waals surface area contributed by atoms with Crippen LogP contribution in [0.2, 0.25) is 0 Å². The molecule has 1 unspecified atom stereocenters. The number of para-hydroxylation sites is 1. The molecule has 1 aliphatic carbocycles. The van der Waals surface area contributed by atoms with Crippen LogP contribution < -0.4 is 10.5 Å². The normalized spacial score (nSPS) is 16.0. The maximum absolute atomic E-state index is 13.9. The second kappa shape index (κ2) is 5.81. The molecule has 0 spiro atoms. The minimum absolute atomic E-state index is 0.0621. The van der Waals surface area contributed by atoms with E-state index in [2.05, 4.69) is 10.1 Å². The summed E-state index contributed by atoms with van der Waals surface area (Å²) in [5.41, 5.74) is 6.52.